The zero-order chi connectivity index (χ0) is 24.3. The van der Waals surface area contributed by atoms with Crippen LogP contribution in [0.1, 0.15) is 21.6 Å². The summed E-state index contributed by atoms with van der Waals surface area (Å²) >= 11 is 1.76. The first-order chi connectivity index (χ1) is 16.2. The number of carbonyl (C=O) groups is 2. The second-order valence-electron chi connectivity index (χ2n) is 7.18. The van der Waals surface area contributed by atoms with Crippen LogP contribution in [0.15, 0.2) is 71.9 Å². The normalized spacial score (nSPS) is 12.1. The summed E-state index contributed by atoms with van der Waals surface area (Å²) in [4.78, 5) is 31.1. The van der Waals surface area contributed by atoms with Crippen LogP contribution in [0.4, 0.5) is 18.9 Å². The van der Waals surface area contributed by atoms with Crippen molar-refractivity contribution in [1.82, 2.24) is 4.98 Å². The highest BCUT2D eigenvalue weighted by molar-refractivity contribution is 7.22. The molecule has 172 valence electrons. The van der Waals surface area contributed by atoms with Crippen LogP contribution < -0.4 is 5.32 Å². The van der Waals surface area contributed by atoms with Gasteiger partial charge in [0.1, 0.15) is 5.69 Å². The lowest BCUT2D eigenvalue weighted by Crippen LogP contribution is -2.21. The molecule has 0 unspecified atom stereocenters. The van der Waals surface area contributed by atoms with Gasteiger partial charge in [0.25, 0.3) is 5.91 Å². The first-order valence-electron chi connectivity index (χ1n) is 9.90. The number of rotatable bonds is 3. The Morgan fingerprint density at radius 1 is 1.03 bits per heavy atom. The maximum Gasteiger partial charge on any atom is 0.490 e. The third kappa shape index (κ3) is 5.12. The Hall–Kier alpha value is -4.05. The van der Waals surface area contributed by atoms with Crippen molar-refractivity contribution in [3.8, 4) is 10.4 Å². The van der Waals surface area contributed by atoms with Gasteiger partial charge in [-0.1, -0.05) is 24.3 Å². The minimum absolute atomic E-state index is 0.215. The molecule has 6 nitrogen and oxygen atoms in total. The molecule has 5 rings (SSSR count). The van der Waals surface area contributed by atoms with Gasteiger partial charge in [-0.05, 0) is 52.9 Å². The highest BCUT2D eigenvalue weighted by Gasteiger charge is 2.38. The lowest BCUT2D eigenvalue weighted by atomic mass is 10.0. The fraction of sp³-hybridized carbons (Fsp3) is 0.0833. The third-order valence-electron chi connectivity index (χ3n) is 4.85. The number of fused-ring (bicyclic) bond motifs is 2. The van der Waals surface area contributed by atoms with E-state index in [-0.39, 0.29) is 5.91 Å². The summed E-state index contributed by atoms with van der Waals surface area (Å²) < 4.78 is 33.0. The molecular weight excluding hydrogens is 467 g/mol. The highest BCUT2D eigenvalue weighted by Crippen LogP contribution is 2.39. The van der Waals surface area contributed by atoms with E-state index in [1.165, 1.54) is 20.5 Å². The number of anilines is 1. The van der Waals surface area contributed by atoms with Crippen molar-refractivity contribution in [1.29, 1.82) is 0 Å². The molecule has 0 radical (unpaired) electrons. The van der Waals surface area contributed by atoms with Gasteiger partial charge in [-0.2, -0.15) is 13.2 Å². The van der Waals surface area contributed by atoms with Crippen molar-refractivity contribution in [2.45, 2.75) is 12.7 Å². The molecule has 0 atom stereocenters. The maximum atomic E-state index is 12.5. The zero-order valence-corrected chi connectivity index (χ0v) is 18.2. The molecule has 0 spiro atoms. The maximum absolute atomic E-state index is 12.5. The monoisotopic (exact) mass is 483 g/mol. The van der Waals surface area contributed by atoms with Crippen LogP contribution in [0.25, 0.3) is 20.5 Å². The van der Waals surface area contributed by atoms with Crippen LogP contribution in [0.3, 0.4) is 0 Å². The molecule has 10 heteroatoms. The number of alkyl halides is 3. The molecule has 0 aliphatic carbocycles. The number of carboxylic acids is 1. The summed E-state index contributed by atoms with van der Waals surface area (Å²) in [5, 5.41) is 11.3. The van der Waals surface area contributed by atoms with Gasteiger partial charge < -0.3 is 10.4 Å². The third-order valence-corrected chi connectivity index (χ3v) is 6.00. The van der Waals surface area contributed by atoms with Crippen LogP contribution in [0.2, 0.25) is 0 Å². The van der Waals surface area contributed by atoms with E-state index in [2.05, 4.69) is 45.6 Å². The molecule has 3 heterocycles. The predicted octanol–water partition coefficient (Wildman–Crippen LogP) is 5.78. The van der Waals surface area contributed by atoms with Crippen LogP contribution in [0.5, 0.6) is 0 Å². The van der Waals surface area contributed by atoms with Gasteiger partial charge in [-0.15, -0.1) is 11.3 Å². The van der Waals surface area contributed by atoms with Crippen LogP contribution in [-0.2, 0) is 11.3 Å². The summed E-state index contributed by atoms with van der Waals surface area (Å²) in [6.07, 6.45) is -1.59. The number of carboxylic acid groups (broad SMARTS) is 1. The number of amides is 1. The second kappa shape index (κ2) is 9.44. The van der Waals surface area contributed by atoms with Crippen molar-refractivity contribution in [3.63, 3.8) is 0 Å². The number of pyridine rings is 1. The van der Waals surface area contributed by atoms with Gasteiger partial charge in [-0.25, -0.2) is 4.79 Å². The van der Waals surface area contributed by atoms with E-state index < -0.39 is 12.1 Å². The summed E-state index contributed by atoms with van der Waals surface area (Å²) in [7, 11) is 0. The number of carbonyl (C=O) groups excluding carboxylic acids is 1. The van der Waals surface area contributed by atoms with E-state index in [0.717, 1.165) is 16.8 Å². The molecular formula is C24H16F3N3O3S. The Kier molecular flexibility index (Phi) is 6.42. The van der Waals surface area contributed by atoms with Gasteiger partial charge in [0.15, 0.2) is 0 Å². The minimum Gasteiger partial charge on any atom is -0.475 e. The topological polar surface area (TPSA) is 91.7 Å². The summed E-state index contributed by atoms with van der Waals surface area (Å²) in [6.45, 7) is 0.674. The van der Waals surface area contributed by atoms with Crippen LogP contribution in [-0.4, -0.2) is 34.4 Å². The van der Waals surface area contributed by atoms with Crippen molar-refractivity contribution >= 4 is 45.2 Å². The summed E-state index contributed by atoms with van der Waals surface area (Å²) in [5.74, 6) is -2.97. The molecule has 0 fully saturated rings. The summed E-state index contributed by atoms with van der Waals surface area (Å²) in [6, 6.07) is 19.9. The molecule has 2 aromatic carbocycles. The number of aliphatic carboxylic acids is 1. The molecule has 1 aliphatic heterocycles. The molecule has 0 bridgehead atoms. The summed E-state index contributed by atoms with van der Waals surface area (Å²) in [5.41, 5.74) is 4.54. The Labute approximate surface area is 195 Å². The Morgan fingerprint density at radius 3 is 2.44 bits per heavy atom. The highest BCUT2D eigenvalue weighted by atomic mass is 32.1. The van der Waals surface area contributed by atoms with E-state index in [1.54, 1.807) is 35.7 Å². The molecule has 1 aliphatic rings. The molecule has 2 N–H and O–H groups in total. The number of hydrogen-bond donors (Lipinski definition) is 2. The largest absolute Gasteiger partial charge is 0.490 e. The van der Waals surface area contributed by atoms with E-state index >= 15 is 0 Å². The molecule has 0 saturated carbocycles. The van der Waals surface area contributed by atoms with E-state index in [4.69, 9.17) is 9.90 Å². The van der Waals surface area contributed by atoms with Gasteiger partial charge in [0.2, 0.25) is 0 Å². The number of nitrogens with one attached hydrogen (secondary N) is 1. The molecule has 1 amide bonds. The number of aliphatic imine (C=N–C) groups is 1. The van der Waals surface area contributed by atoms with Gasteiger partial charge in [0.05, 0.1) is 6.54 Å². The van der Waals surface area contributed by atoms with Gasteiger partial charge in [-0.3, -0.25) is 14.8 Å². The van der Waals surface area contributed by atoms with E-state index in [1.807, 2.05) is 18.3 Å². The number of benzene rings is 2. The zero-order valence-electron chi connectivity index (χ0n) is 17.3. The first kappa shape index (κ1) is 23.1. The van der Waals surface area contributed by atoms with Crippen molar-refractivity contribution in [3.05, 3.63) is 83.7 Å². The van der Waals surface area contributed by atoms with Crippen LogP contribution in [0, 0.1) is 0 Å². The Balaban J connectivity index is 0.000000344. The number of thiophene rings is 1. The average molecular weight is 483 g/mol. The lowest BCUT2D eigenvalue weighted by Gasteiger charge is -2.11. The fourth-order valence-corrected chi connectivity index (χ4v) is 4.43. The van der Waals surface area contributed by atoms with Crippen molar-refractivity contribution < 1.29 is 27.9 Å². The number of nitrogens with zero attached hydrogens (tertiary/aromatic N) is 2. The number of aromatic nitrogens is 1. The first-order valence-corrected chi connectivity index (χ1v) is 10.7. The Bertz CT molecular complexity index is 1370. The predicted molar refractivity (Wildman–Crippen MR) is 124 cm³/mol. The average Bonchev–Trinajstić information content (AvgIpc) is 3.46. The molecule has 34 heavy (non-hydrogen) atoms. The Morgan fingerprint density at radius 2 is 1.76 bits per heavy atom. The molecule has 0 saturated heterocycles. The van der Waals surface area contributed by atoms with Gasteiger partial charge >= 0.3 is 12.1 Å². The fourth-order valence-electron chi connectivity index (χ4n) is 3.32. The van der Waals surface area contributed by atoms with Crippen LogP contribution >= 0.6 is 11.3 Å². The number of halogens is 3. The van der Waals surface area contributed by atoms with Gasteiger partial charge in [0, 0.05) is 33.2 Å². The van der Waals surface area contributed by atoms with E-state index in [0.29, 0.717) is 12.2 Å². The van der Waals surface area contributed by atoms with E-state index in [9.17, 15) is 18.0 Å². The molecule has 2 aromatic heterocycles. The van der Waals surface area contributed by atoms with Crippen molar-refractivity contribution in [2.75, 3.05) is 5.32 Å². The minimum atomic E-state index is -5.08. The second-order valence-corrected chi connectivity index (χ2v) is 8.27. The lowest BCUT2D eigenvalue weighted by molar-refractivity contribution is -0.192. The SMILES string of the molecule is O=C(Nc1cc2c(c(-c3cc4ccccc4s3)c1)CN=C2)c1ccccn1.O=C(O)C(F)(F)F. The smallest absolute Gasteiger partial charge is 0.475 e. The molecule has 4 aromatic rings. The van der Waals surface area contributed by atoms with Crippen molar-refractivity contribution in [2.24, 2.45) is 4.99 Å². The quantitative estimate of drug-likeness (QED) is 0.386. The standard InChI is InChI=1S/C22H15N3OS.C2HF3O2/c26-22(19-6-3-4-8-24-19)25-16-9-15-12-23-13-18(15)17(11-16)21-10-14-5-1-2-7-20(14)27-21;3-2(4,5)1(6)7/h1-12H,13H2,(H,25,26);(H,6,7). The number of hydrogen-bond acceptors (Lipinski definition) is 5.